The van der Waals surface area contributed by atoms with Crippen molar-refractivity contribution >= 4 is 14.6 Å². The number of carbonyl (C=O) groups excluding carboxylic acids is 1. The third-order valence-corrected chi connectivity index (χ3v) is 4.52. The van der Waals surface area contributed by atoms with Crippen LogP contribution in [0.25, 0.3) is 0 Å². The molecule has 0 saturated carbocycles. The van der Waals surface area contributed by atoms with E-state index in [2.05, 4.69) is 6.58 Å². The zero-order chi connectivity index (χ0) is 14.0. The van der Waals surface area contributed by atoms with Gasteiger partial charge >= 0.3 is 14.6 Å². The molecule has 0 unspecified atom stereocenters. The Balaban J connectivity index is 2.27. The first-order valence-corrected chi connectivity index (χ1v) is 6.89. The van der Waals surface area contributed by atoms with Gasteiger partial charge in [0.1, 0.15) is 17.8 Å². The Morgan fingerprint density at radius 1 is 1.17 bits per heavy atom. The molecule has 0 aromatic carbocycles. The number of rotatable bonds is 5. The van der Waals surface area contributed by atoms with Crippen LogP contribution in [0.5, 0.6) is 0 Å². The van der Waals surface area contributed by atoms with E-state index in [0.717, 1.165) is 0 Å². The first-order valence-electron chi connectivity index (χ1n) is 5.80. The molecule has 0 bridgehead atoms. The Bertz CT molecular complexity index is 321. The summed E-state index contributed by atoms with van der Waals surface area (Å²) in [5.41, 5.74) is -0.420. The molecule has 1 fully saturated rings. The van der Waals surface area contributed by atoms with E-state index < -0.39 is 25.8 Å². The number of esters is 1. The molecule has 0 spiro atoms. The molecule has 0 atom stereocenters. The summed E-state index contributed by atoms with van der Waals surface area (Å²) in [4.78, 5) is 11.1. The van der Waals surface area contributed by atoms with Gasteiger partial charge in [0.25, 0.3) is 0 Å². The molecular weight excluding hydrogens is 255 g/mol. The highest BCUT2D eigenvalue weighted by atomic mass is 31.2. The fourth-order valence-corrected chi connectivity index (χ4v) is 2.58. The lowest BCUT2D eigenvalue weighted by Crippen LogP contribution is -2.41. The van der Waals surface area contributed by atoms with Gasteiger partial charge in [0.15, 0.2) is 0 Å². The Morgan fingerprint density at radius 3 is 2.11 bits per heavy atom. The molecule has 1 aliphatic rings. The van der Waals surface area contributed by atoms with Crippen LogP contribution in [-0.4, -0.2) is 30.4 Å². The van der Waals surface area contributed by atoms with Gasteiger partial charge in [-0.3, -0.25) is 0 Å². The molecule has 0 aliphatic carbocycles. The lowest BCUT2D eigenvalue weighted by atomic mass is 9.90. The quantitative estimate of drug-likeness (QED) is 0.334. The number of ether oxygens (including phenoxy) is 1. The van der Waals surface area contributed by atoms with E-state index in [1.54, 1.807) is 6.92 Å². The molecule has 104 valence electrons. The zero-order valence-electron chi connectivity index (χ0n) is 11.6. The highest BCUT2D eigenvalue weighted by molar-refractivity contribution is 7.42. The van der Waals surface area contributed by atoms with Gasteiger partial charge in [-0.15, -0.1) is 0 Å². The van der Waals surface area contributed by atoms with E-state index >= 15 is 0 Å². The Hall–Kier alpha value is -0.480. The summed E-state index contributed by atoms with van der Waals surface area (Å²) >= 11 is 0. The molecule has 1 heterocycles. The zero-order valence-corrected chi connectivity index (χ0v) is 12.5. The van der Waals surface area contributed by atoms with E-state index in [0.29, 0.717) is 5.57 Å². The smallest absolute Gasteiger partial charge is 0.334 e. The molecule has 0 aromatic heterocycles. The first-order chi connectivity index (χ1) is 8.16. The Labute approximate surface area is 109 Å². The van der Waals surface area contributed by atoms with Crippen molar-refractivity contribution in [2.45, 2.75) is 45.8 Å². The molecule has 0 N–H and O–H groups in total. The van der Waals surface area contributed by atoms with Gasteiger partial charge in [0.05, 0.1) is 6.61 Å². The molecule has 5 nitrogen and oxygen atoms in total. The minimum absolute atomic E-state index is 0.165. The maximum absolute atomic E-state index is 11.1. The molecule has 1 aliphatic heterocycles. The summed E-state index contributed by atoms with van der Waals surface area (Å²) < 4.78 is 21.7. The lowest BCUT2D eigenvalue weighted by Gasteiger charge is -2.29. The molecule has 0 aromatic rings. The van der Waals surface area contributed by atoms with Gasteiger partial charge in [0.2, 0.25) is 0 Å². The van der Waals surface area contributed by atoms with E-state index in [4.69, 9.17) is 18.3 Å². The van der Waals surface area contributed by atoms with Crippen LogP contribution in [0.2, 0.25) is 0 Å². The van der Waals surface area contributed by atoms with Crippen molar-refractivity contribution in [2.75, 3.05) is 13.2 Å². The van der Waals surface area contributed by atoms with Crippen molar-refractivity contribution in [3.8, 4) is 0 Å². The summed E-state index contributed by atoms with van der Waals surface area (Å²) in [5.74, 6) is -0.416. The minimum atomic E-state index is -1.38. The van der Waals surface area contributed by atoms with Gasteiger partial charge in [-0.1, -0.05) is 6.58 Å². The van der Waals surface area contributed by atoms with Crippen LogP contribution in [0.15, 0.2) is 12.2 Å². The summed E-state index contributed by atoms with van der Waals surface area (Å²) in [6, 6.07) is 0. The largest absolute Gasteiger partial charge is 0.460 e. The molecule has 0 amide bonds. The fraction of sp³-hybridized carbons (Fsp3) is 0.750. The summed E-state index contributed by atoms with van der Waals surface area (Å²) in [7, 11) is -1.38. The third kappa shape index (κ3) is 3.75. The van der Waals surface area contributed by atoms with Crippen molar-refractivity contribution in [2.24, 2.45) is 0 Å². The first kappa shape index (κ1) is 15.6. The van der Waals surface area contributed by atoms with Gasteiger partial charge in [-0.2, -0.15) is 0 Å². The predicted octanol–water partition coefficient (Wildman–Crippen LogP) is 2.95. The summed E-state index contributed by atoms with van der Waals surface area (Å²) in [5, 5.41) is 0. The van der Waals surface area contributed by atoms with E-state index in [-0.39, 0.29) is 13.2 Å². The average molecular weight is 276 g/mol. The SMILES string of the molecule is C=C(C)C(=O)OCCOP1OC(C)(C)C(C)(C)O1. The second-order valence-corrected chi connectivity index (χ2v) is 6.25. The third-order valence-electron chi connectivity index (χ3n) is 2.92. The predicted molar refractivity (Wildman–Crippen MR) is 69.0 cm³/mol. The second kappa shape index (κ2) is 5.66. The van der Waals surface area contributed by atoms with Crippen molar-refractivity contribution < 1.29 is 23.1 Å². The molecule has 1 rings (SSSR count). The van der Waals surface area contributed by atoms with Gasteiger partial charge in [-0.25, -0.2) is 4.79 Å². The van der Waals surface area contributed by atoms with Crippen molar-refractivity contribution in [1.82, 2.24) is 0 Å². The topological polar surface area (TPSA) is 54.0 Å². The second-order valence-electron chi connectivity index (χ2n) is 5.18. The van der Waals surface area contributed by atoms with Crippen LogP contribution < -0.4 is 0 Å². The Morgan fingerprint density at radius 2 is 1.67 bits per heavy atom. The number of hydrogen-bond acceptors (Lipinski definition) is 5. The summed E-state index contributed by atoms with van der Waals surface area (Å²) in [6.45, 7) is 13.3. The van der Waals surface area contributed by atoms with Gasteiger partial charge in [0, 0.05) is 5.57 Å². The maximum atomic E-state index is 11.1. The minimum Gasteiger partial charge on any atom is -0.460 e. The normalized spacial score (nSPS) is 21.8. The van der Waals surface area contributed by atoms with Crippen LogP contribution in [0, 0.1) is 0 Å². The average Bonchev–Trinajstić information content (AvgIpc) is 2.42. The molecular formula is C12H21O5P. The van der Waals surface area contributed by atoms with Crippen LogP contribution >= 0.6 is 8.60 Å². The van der Waals surface area contributed by atoms with Crippen LogP contribution in [-0.2, 0) is 23.1 Å². The van der Waals surface area contributed by atoms with E-state index in [9.17, 15) is 4.79 Å². The number of hydrogen-bond donors (Lipinski definition) is 0. The van der Waals surface area contributed by atoms with Crippen LogP contribution in [0.4, 0.5) is 0 Å². The molecule has 0 radical (unpaired) electrons. The van der Waals surface area contributed by atoms with Crippen LogP contribution in [0.1, 0.15) is 34.6 Å². The highest BCUT2D eigenvalue weighted by Crippen LogP contribution is 2.58. The summed E-state index contributed by atoms with van der Waals surface area (Å²) in [6.07, 6.45) is 0. The van der Waals surface area contributed by atoms with Crippen LogP contribution in [0.3, 0.4) is 0 Å². The highest BCUT2D eigenvalue weighted by Gasteiger charge is 2.51. The van der Waals surface area contributed by atoms with Crippen molar-refractivity contribution in [3.63, 3.8) is 0 Å². The fourth-order valence-electron chi connectivity index (χ4n) is 1.03. The standard InChI is InChI=1S/C12H21O5P/c1-9(2)10(13)14-7-8-15-18-16-11(3,4)12(5,6)17-18/h1,7-8H2,2-6H3. The van der Waals surface area contributed by atoms with Gasteiger partial charge in [-0.05, 0) is 34.6 Å². The maximum Gasteiger partial charge on any atom is 0.334 e. The monoisotopic (exact) mass is 276 g/mol. The van der Waals surface area contributed by atoms with Crippen molar-refractivity contribution in [3.05, 3.63) is 12.2 Å². The molecule has 18 heavy (non-hydrogen) atoms. The number of carbonyl (C=O) groups is 1. The van der Waals surface area contributed by atoms with Crippen molar-refractivity contribution in [1.29, 1.82) is 0 Å². The van der Waals surface area contributed by atoms with E-state index in [1.807, 2.05) is 27.7 Å². The molecule has 6 heteroatoms. The van der Waals surface area contributed by atoms with Gasteiger partial charge < -0.3 is 18.3 Å². The Kier molecular flexibility index (Phi) is 4.90. The van der Waals surface area contributed by atoms with E-state index in [1.165, 1.54) is 0 Å². The lowest BCUT2D eigenvalue weighted by molar-refractivity contribution is -0.139. The molecule has 1 saturated heterocycles.